The van der Waals surface area contributed by atoms with Crippen LogP contribution in [0.4, 0.5) is 5.69 Å². The summed E-state index contributed by atoms with van der Waals surface area (Å²) in [6.45, 7) is -0.227. The molecule has 0 atom stereocenters. The third-order valence-electron chi connectivity index (χ3n) is 2.36. The van der Waals surface area contributed by atoms with Crippen LogP contribution in [0.2, 0.25) is 0 Å². The van der Waals surface area contributed by atoms with Gasteiger partial charge in [0.1, 0.15) is 0 Å². The van der Waals surface area contributed by atoms with Crippen molar-refractivity contribution in [2.45, 2.75) is 12.8 Å². The number of hydrogen-bond donors (Lipinski definition) is 1. The molecule has 0 saturated heterocycles. The molecular weight excluding hydrogens is 242 g/mol. The van der Waals surface area contributed by atoms with E-state index in [2.05, 4.69) is 0 Å². The Labute approximate surface area is 102 Å². The molecule has 0 saturated carbocycles. The van der Waals surface area contributed by atoms with Gasteiger partial charge in [-0.3, -0.25) is 25.0 Å². The number of carbonyl (C=O) groups is 1. The van der Waals surface area contributed by atoms with Crippen LogP contribution in [0.1, 0.15) is 22.3 Å². The molecular formula is C10H11N3O5. The summed E-state index contributed by atoms with van der Waals surface area (Å²) in [4.78, 5) is 30.8. The van der Waals surface area contributed by atoms with E-state index in [1.54, 1.807) is 0 Å². The van der Waals surface area contributed by atoms with Crippen molar-refractivity contribution in [3.8, 4) is 0 Å². The van der Waals surface area contributed by atoms with Crippen molar-refractivity contribution in [2.75, 3.05) is 6.54 Å². The van der Waals surface area contributed by atoms with Crippen LogP contribution < -0.4 is 5.73 Å². The second-order valence-electron chi connectivity index (χ2n) is 3.62. The maximum Gasteiger partial charge on any atom is 0.270 e. The molecule has 0 aliphatic heterocycles. The van der Waals surface area contributed by atoms with Gasteiger partial charge in [-0.05, 0) is 12.0 Å². The highest BCUT2D eigenvalue weighted by atomic mass is 16.6. The van der Waals surface area contributed by atoms with Gasteiger partial charge in [-0.25, -0.2) is 0 Å². The minimum Gasteiger partial charge on any atom is -0.366 e. The van der Waals surface area contributed by atoms with Crippen LogP contribution in [0.5, 0.6) is 0 Å². The quantitative estimate of drug-likeness (QED) is 0.594. The summed E-state index contributed by atoms with van der Waals surface area (Å²) in [7, 11) is 0. The summed E-state index contributed by atoms with van der Waals surface area (Å²) in [5, 5.41) is 20.7. The van der Waals surface area contributed by atoms with Crippen LogP contribution in [0.15, 0.2) is 18.2 Å². The van der Waals surface area contributed by atoms with Gasteiger partial charge in [0.2, 0.25) is 12.5 Å². The number of non-ortho nitro benzene ring substituents is 1. The van der Waals surface area contributed by atoms with Crippen LogP contribution in [-0.4, -0.2) is 22.3 Å². The van der Waals surface area contributed by atoms with Crippen molar-refractivity contribution in [3.05, 3.63) is 49.6 Å². The van der Waals surface area contributed by atoms with Gasteiger partial charge in [0.25, 0.3) is 5.69 Å². The van der Waals surface area contributed by atoms with Gasteiger partial charge in [-0.2, -0.15) is 0 Å². The third-order valence-corrected chi connectivity index (χ3v) is 2.36. The smallest absolute Gasteiger partial charge is 0.270 e. The number of nitrogens with zero attached hydrogens (tertiary/aromatic N) is 2. The number of nitro groups is 2. The number of aryl methyl sites for hydroxylation is 1. The summed E-state index contributed by atoms with van der Waals surface area (Å²) < 4.78 is 0. The van der Waals surface area contributed by atoms with E-state index in [0.717, 1.165) is 6.07 Å². The Morgan fingerprint density at radius 1 is 1.28 bits per heavy atom. The fraction of sp³-hybridized carbons (Fsp3) is 0.300. The first-order valence-electron chi connectivity index (χ1n) is 5.10. The monoisotopic (exact) mass is 253 g/mol. The van der Waals surface area contributed by atoms with Crippen molar-refractivity contribution in [3.63, 3.8) is 0 Å². The lowest BCUT2D eigenvalue weighted by molar-refractivity contribution is -0.480. The molecule has 8 heteroatoms. The topological polar surface area (TPSA) is 129 Å². The van der Waals surface area contributed by atoms with E-state index in [1.165, 1.54) is 12.1 Å². The molecule has 0 heterocycles. The number of primary amides is 1. The second-order valence-corrected chi connectivity index (χ2v) is 3.62. The van der Waals surface area contributed by atoms with Gasteiger partial charge in [-0.15, -0.1) is 0 Å². The van der Waals surface area contributed by atoms with E-state index in [0.29, 0.717) is 5.56 Å². The fourth-order valence-corrected chi connectivity index (χ4v) is 1.52. The Kier molecular flexibility index (Phi) is 4.30. The Balaban J connectivity index is 2.93. The van der Waals surface area contributed by atoms with Gasteiger partial charge < -0.3 is 5.73 Å². The van der Waals surface area contributed by atoms with Crippen molar-refractivity contribution in [2.24, 2.45) is 5.73 Å². The van der Waals surface area contributed by atoms with Gasteiger partial charge in [-0.1, -0.05) is 6.07 Å². The van der Waals surface area contributed by atoms with Gasteiger partial charge in [0.15, 0.2) is 0 Å². The number of hydrogen-bond acceptors (Lipinski definition) is 5. The zero-order valence-corrected chi connectivity index (χ0v) is 9.37. The molecule has 1 rings (SSSR count). The molecule has 0 aromatic heterocycles. The molecule has 0 radical (unpaired) electrons. The van der Waals surface area contributed by atoms with Crippen molar-refractivity contribution in [1.82, 2.24) is 0 Å². The molecule has 8 nitrogen and oxygen atoms in total. The van der Waals surface area contributed by atoms with E-state index in [1.807, 2.05) is 0 Å². The first kappa shape index (κ1) is 13.6. The molecule has 0 fully saturated rings. The summed E-state index contributed by atoms with van der Waals surface area (Å²) in [6.07, 6.45) is 0.516. The summed E-state index contributed by atoms with van der Waals surface area (Å²) >= 11 is 0. The average Bonchev–Trinajstić information content (AvgIpc) is 2.28. The number of nitrogens with two attached hydrogens (primary N) is 1. The van der Waals surface area contributed by atoms with E-state index < -0.39 is 15.8 Å². The Hall–Kier alpha value is -2.51. The molecule has 0 unspecified atom stereocenters. The highest BCUT2D eigenvalue weighted by Crippen LogP contribution is 2.18. The van der Waals surface area contributed by atoms with Crippen LogP contribution in [-0.2, 0) is 6.42 Å². The maximum absolute atomic E-state index is 11.2. The van der Waals surface area contributed by atoms with Crippen molar-refractivity contribution < 1.29 is 14.6 Å². The second kappa shape index (κ2) is 5.71. The predicted molar refractivity (Wildman–Crippen MR) is 61.8 cm³/mol. The molecule has 96 valence electrons. The number of nitro benzene ring substituents is 1. The van der Waals surface area contributed by atoms with E-state index >= 15 is 0 Å². The Morgan fingerprint density at radius 3 is 2.44 bits per heavy atom. The van der Waals surface area contributed by atoms with Crippen molar-refractivity contribution in [1.29, 1.82) is 0 Å². The van der Waals surface area contributed by atoms with Crippen LogP contribution in [0.3, 0.4) is 0 Å². The molecule has 0 bridgehead atoms. The number of benzene rings is 1. The van der Waals surface area contributed by atoms with Crippen LogP contribution in [0, 0.1) is 20.2 Å². The summed E-state index contributed by atoms with van der Waals surface area (Å²) in [6, 6.07) is 3.73. The van der Waals surface area contributed by atoms with Gasteiger partial charge in [0, 0.05) is 29.0 Å². The standard InChI is InChI=1S/C10H11N3O5/c11-10(14)9-6-8(13(17)18)4-3-7(9)2-1-5-12(15)16/h3-4,6H,1-2,5H2,(H2,11,14). The lowest BCUT2D eigenvalue weighted by Gasteiger charge is -2.05. The molecule has 0 aliphatic carbocycles. The maximum atomic E-state index is 11.2. The first-order chi connectivity index (χ1) is 8.41. The zero-order valence-electron chi connectivity index (χ0n) is 9.37. The lowest BCUT2D eigenvalue weighted by Crippen LogP contribution is -2.15. The third kappa shape index (κ3) is 3.51. The molecule has 0 aliphatic rings. The Bertz CT molecular complexity index is 500. The first-order valence-corrected chi connectivity index (χ1v) is 5.10. The van der Waals surface area contributed by atoms with E-state index in [9.17, 15) is 25.0 Å². The normalized spacial score (nSPS) is 10.0. The molecule has 18 heavy (non-hydrogen) atoms. The SMILES string of the molecule is NC(=O)c1cc([N+](=O)[O-])ccc1CCC[N+](=O)[O-]. The van der Waals surface area contributed by atoms with Crippen LogP contribution >= 0.6 is 0 Å². The predicted octanol–water partition coefficient (Wildman–Crippen LogP) is 0.903. The summed E-state index contributed by atoms with van der Waals surface area (Å²) in [5.41, 5.74) is 5.40. The number of carbonyl (C=O) groups excluding carboxylic acids is 1. The van der Waals surface area contributed by atoms with Crippen molar-refractivity contribution >= 4 is 11.6 Å². The molecule has 2 N–H and O–H groups in total. The minimum absolute atomic E-state index is 0.0348. The molecule has 0 spiro atoms. The minimum atomic E-state index is -0.783. The highest BCUT2D eigenvalue weighted by molar-refractivity contribution is 5.95. The largest absolute Gasteiger partial charge is 0.366 e. The summed E-state index contributed by atoms with van der Waals surface area (Å²) in [5.74, 6) is -0.783. The van der Waals surface area contributed by atoms with Gasteiger partial charge in [0.05, 0.1) is 4.92 Å². The average molecular weight is 253 g/mol. The fourth-order valence-electron chi connectivity index (χ4n) is 1.52. The van der Waals surface area contributed by atoms with E-state index in [4.69, 9.17) is 5.73 Å². The molecule has 1 aromatic carbocycles. The number of rotatable bonds is 6. The number of amides is 1. The van der Waals surface area contributed by atoms with Crippen LogP contribution in [0.25, 0.3) is 0 Å². The van der Waals surface area contributed by atoms with Gasteiger partial charge >= 0.3 is 0 Å². The highest BCUT2D eigenvalue weighted by Gasteiger charge is 2.14. The Morgan fingerprint density at radius 2 is 1.94 bits per heavy atom. The zero-order chi connectivity index (χ0) is 13.7. The van der Waals surface area contributed by atoms with E-state index in [-0.39, 0.29) is 30.6 Å². The lowest BCUT2D eigenvalue weighted by atomic mass is 10.0. The molecule has 1 amide bonds. The molecule has 1 aromatic rings.